The van der Waals surface area contributed by atoms with Gasteiger partial charge in [0.05, 0.1) is 0 Å². The molecule has 0 radical (unpaired) electrons. The number of rotatable bonds is 6. The average molecular weight is 360 g/mol. The molecule has 2 aromatic heterocycles. The minimum Gasteiger partial charge on any atom is -0.486 e. The lowest BCUT2D eigenvalue weighted by molar-refractivity contribution is 0.0946. The Balaban J connectivity index is 1.53. The van der Waals surface area contributed by atoms with Gasteiger partial charge in [0, 0.05) is 29.3 Å². The van der Waals surface area contributed by atoms with Crippen LogP contribution in [0.25, 0.3) is 0 Å². The van der Waals surface area contributed by atoms with Crippen LogP contribution in [0.1, 0.15) is 21.1 Å². The lowest BCUT2D eigenvalue weighted by atomic mass is 10.3. The number of hydrogen-bond donors (Lipinski definition) is 1. The summed E-state index contributed by atoms with van der Waals surface area (Å²) in [6.45, 7) is 0.708. The molecule has 122 valence electrons. The molecule has 0 unspecified atom stereocenters. The third-order valence-electron chi connectivity index (χ3n) is 3.12. The maximum Gasteiger partial charge on any atom is 0.271 e. The summed E-state index contributed by atoms with van der Waals surface area (Å²) in [4.78, 5) is 20.4. The number of benzene rings is 1. The van der Waals surface area contributed by atoms with E-state index in [-0.39, 0.29) is 5.91 Å². The van der Waals surface area contributed by atoms with Gasteiger partial charge in [-0.1, -0.05) is 23.7 Å². The zero-order chi connectivity index (χ0) is 16.8. The Morgan fingerprint density at radius 2 is 2.21 bits per heavy atom. The van der Waals surface area contributed by atoms with Gasteiger partial charge in [0.15, 0.2) is 0 Å². The van der Waals surface area contributed by atoms with Crippen LogP contribution in [0.5, 0.6) is 5.75 Å². The molecule has 24 heavy (non-hydrogen) atoms. The van der Waals surface area contributed by atoms with E-state index in [0.29, 0.717) is 29.6 Å². The van der Waals surface area contributed by atoms with E-state index in [2.05, 4.69) is 15.3 Å². The number of amides is 1. The van der Waals surface area contributed by atoms with Crippen molar-refractivity contribution < 1.29 is 9.53 Å². The van der Waals surface area contributed by atoms with Crippen molar-refractivity contribution in [3.8, 4) is 5.75 Å². The minimum absolute atomic E-state index is 0.218. The zero-order valence-electron chi connectivity index (χ0n) is 12.6. The highest BCUT2D eigenvalue weighted by Crippen LogP contribution is 2.19. The molecule has 0 saturated heterocycles. The fraction of sp³-hybridized carbons (Fsp3) is 0.118. The number of aromatic nitrogens is 2. The second-order valence-corrected chi connectivity index (χ2v) is 6.30. The molecule has 2 heterocycles. The molecule has 0 aliphatic heterocycles. The Bertz CT molecular complexity index is 823. The number of ether oxygens (including phenoxy) is 1. The molecule has 0 atom stereocenters. The quantitative estimate of drug-likeness (QED) is 0.728. The number of carbonyl (C=O) groups excluding carboxylic acids is 1. The van der Waals surface area contributed by atoms with Crippen molar-refractivity contribution in [1.29, 1.82) is 0 Å². The topological polar surface area (TPSA) is 64.1 Å². The first-order valence-electron chi connectivity index (χ1n) is 7.20. The van der Waals surface area contributed by atoms with Crippen molar-refractivity contribution in [2.75, 3.05) is 0 Å². The van der Waals surface area contributed by atoms with E-state index in [1.165, 1.54) is 11.3 Å². The summed E-state index contributed by atoms with van der Waals surface area (Å²) < 4.78 is 5.62. The van der Waals surface area contributed by atoms with Gasteiger partial charge in [-0.05, 0) is 29.8 Å². The first-order chi connectivity index (χ1) is 11.7. The van der Waals surface area contributed by atoms with Gasteiger partial charge >= 0.3 is 0 Å². The smallest absolute Gasteiger partial charge is 0.271 e. The molecule has 0 saturated carbocycles. The van der Waals surface area contributed by atoms with Gasteiger partial charge in [0.1, 0.15) is 23.1 Å². The van der Waals surface area contributed by atoms with Crippen LogP contribution in [0.4, 0.5) is 0 Å². The first kappa shape index (κ1) is 16.4. The molecule has 1 N–H and O–H groups in total. The van der Waals surface area contributed by atoms with Gasteiger partial charge in [0.25, 0.3) is 5.91 Å². The second kappa shape index (κ2) is 7.90. The maximum atomic E-state index is 12.1. The molecule has 0 fully saturated rings. The Hall–Kier alpha value is -2.44. The summed E-state index contributed by atoms with van der Waals surface area (Å²) >= 11 is 7.29. The summed E-state index contributed by atoms with van der Waals surface area (Å²) in [6, 6.07) is 10.9. The molecular weight excluding hydrogens is 346 g/mol. The van der Waals surface area contributed by atoms with Gasteiger partial charge < -0.3 is 10.1 Å². The number of nitrogens with zero attached hydrogens (tertiary/aromatic N) is 2. The molecule has 5 nitrogen and oxygen atoms in total. The van der Waals surface area contributed by atoms with Gasteiger partial charge in [-0.25, -0.2) is 4.98 Å². The van der Waals surface area contributed by atoms with Crippen LogP contribution in [0.3, 0.4) is 0 Å². The Morgan fingerprint density at radius 3 is 3.00 bits per heavy atom. The maximum absolute atomic E-state index is 12.1. The minimum atomic E-state index is -0.218. The zero-order valence-corrected chi connectivity index (χ0v) is 14.2. The Labute approximate surface area is 148 Å². The summed E-state index contributed by atoms with van der Waals surface area (Å²) in [5, 5.41) is 5.87. The number of carbonyl (C=O) groups is 1. The van der Waals surface area contributed by atoms with Gasteiger partial charge in [-0.2, -0.15) is 0 Å². The monoisotopic (exact) mass is 359 g/mol. The van der Waals surface area contributed by atoms with Crippen LogP contribution in [-0.2, 0) is 13.2 Å². The number of thiazole rings is 1. The molecule has 0 spiro atoms. The first-order valence-corrected chi connectivity index (χ1v) is 8.46. The van der Waals surface area contributed by atoms with Crippen molar-refractivity contribution >= 4 is 28.8 Å². The van der Waals surface area contributed by atoms with Crippen LogP contribution in [0.2, 0.25) is 5.02 Å². The van der Waals surface area contributed by atoms with Crippen LogP contribution < -0.4 is 10.1 Å². The predicted octanol–water partition coefficient (Wildman–Crippen LogP) is 3.70. The summed E-state index contributed by atoms with van der Waals surface area (Å²) in [7, 11) is 0. The van der Waals surface area contributed by atoms with Gasteiger partial charge in [-0.3, -0.25) is 9.78 Å². The van der Waals surface area contributed by atoms with Gasteiger partial charge in [-0.15, -0.1) is 11.3 Å². The summed E-state index contributed by atoms with van der Waals surface area (Å²) in [6.07, 6.45) is 3.41. The lowest BCUT2D eigenvalue weighted by Crippen LogP contribution is -2.23. The van der Waals surface area contributed by atoms with E-state index in [0.717, 1.165) is 10.6 Å². The molecule has 0 aliphatic carbocycles. The highest BCUT2D eigenvalue weighted by atomic mass is 35.5. The van der Waals surface area contributed by atoms with Crippen LogP contribution >= 0.6 is 22.9 Å². The van der Waals surface area contributed by atoms with E-state index < -0.39 is 0 Å². The highest BCUT2D eigenvalue weighted by molar-refractivity contribution is 7.09. The van der Waals surface area contributed by atoms with Crippen molar-refractivity contribution in [1.82, 2.24) is 15.3 Å². The lowest BCUT2D eigenvalue weighted by Gasteiger charge is -2.04. The van der Waals surface area contributed by atoms with Crippen LogP contribution in [-0.4, -0.2) is 15.9 Å². The molecule has 0 bridgehead atoms. The normalized spacial score (nSPS) is 10.4. The highest BCUT2D eigenvalue weighted by Gasteiger charge is 2.11. The van der Waals surface area contributed by atoms with E-state index in [9.17, 15) is 4.79 Å². The third-order valence-corrected chi connectivity index (χ3v) is 4.18. The molecule has 1 amide bonds. The van der Waals surface area contributed by atoms with E-state index in [4.69, 9.17) is 16.3 Å². The standard InChI is InChI=1S/C17H14ClN3O2S/c18-13-4-1-5-14(7-13)23-10-16-21-15(11-24-16)17(22)20-9-12-3-2-6-19-8-12/h1-8,11H,9-10H2,(H,20,22). The molecule has 7 heteroatoms. The molecule has 3 rings (SSSR count). The molecular formula is C17H14ClN3O2S. The largest absolute Gasteiger partial charge is 0.486 e. The summed E-state index contributed by atoms with van der Waals surface area (Å²) in [5.41, 5.74) is 1.32. The SMILES string of the molecule is O=C(NCc1cccnc1)c1csc(COc2cccc(Cl)c2)n1. The van der Waals surface area contributed by atoms with Crippen LogP contribution in [0.15, 0.2) is 54.2 Å². The Morgan fingerprint density at radius 1 is 1.29 bits per heavy atom. The van der Waals surface area contributed by atoms with Gasteiger partial charge in [0.2, 0.25) is 0 Å². The number of hydrogen-bond acceptors (Lipinski definition) is 5. The number of pyridine rings is 1. The molecule has 0 aliphatic rings. The average Bonchev–Trinajstić information content (AvgIpc) is 3.08. The van der Waals surface area contributed by atoms with E-state index >= 15 is 0 Å². The van der Waals surface area contributed by atoms with E-state index in [1.807, 2.05) is 24.3 Å². The van der Waals surface area contributed by atoms with Crippen molar-refractivity contribution in [2.24, 2.45) is 0 Å². The third kappa shape index (κ3) is 4.53. The fourth-order valence-electron chi connectivity index (χ4n) is 1.96. The molecule has 3 aromatic rings. The van der Waals surface area contributed by atoms with Crippen molar-refractivity contribution in [3.63, 3.8) is 0 Å². The fourth-order valence-corrected chi connectivity index (χ4v) is 2.82. The number of halogens is 1. The van der Waals surface area contributed by atoms with Crippen LogP contribution in [0, 0.1) is 0 Å². The van der Waals surface area contributed by atoms with Crippen molar-refractivity contribution in [3.05, 3.63) is 75.5 Å². The predicted molar refractivity (Wildman–Crippen MR) is 93.3 cm³/mol. The van der Waals surface area contributed by atoms with Crippen molar-refractivity contribution in [2.45, 2.75) is 13.2 Å². The second-order valence-electron chi connectivity index (χ2n) is 4.92. The van der Waals surface area contributed by atoms with E-state index in [1.54, 1.807) is 29.9 Å². The Kier molecular flexibility index (Phi) is 5.40. The molecule has 1 aromatic carbocycles. The summed E-state index contributed by atoms with van der Waals surface area (Å²) in [5.74, 6) is 0.449. The number of nitrogens with one attached hydrogen (secondary N) is 1.